The van der Waals surface area contributed by atoms with Crippen molar-refractivity contribution in [2.24, 2.45) is 0 Å². The van der Waals surface area contributed by atoms with Crippen LogP contribution in [0.5, 0.6) is 0 Å². The van der Waals surface area contributed by atoms with Crippen LogP contribution in [-0.2, 0) is 4.79 Å². The van der Waals surface area contributed by atoms with Gasteiger partial charge >= 0.3 is 0 Å². The second-order valence-corrected chi connectivity index (χ2v) is 5.55. The third kappa shape index (κ3) is 14.4. The van der Waals surface area contributed by atoms with Gasteiger partial charge in [0.25, 0.3) is 5.69 Å². The van der Waals surface area contributed by atoms with Crippen molar-refractivity contribution in [1.82, 2.24) is 5.32 Å². The Kier molecular flexibility index (Phi) is 18.6. The van der Waals surface area contributed by atoms with Gasteiger partial charge in [0.05, 0.1) is 17.2 Å². The highest BCUT2D eigenvalue weighted by atomic mass is 32.2. The molecule has 9 heteroatoms. The lowest BCUT2D eigenvalue weighted by atomic mass is 10.2. The van der Waals surface area contributed by atoms with Crippen molar-refractivity contribution >= 4 is 34.9 Å². The quantitative estimate of drug-likeness (QED) is 0.210. The molecule has 28 heavy (non-hydrogen) atoms. The van der Waals surface area contributed by atoms with Gasteiger partial charge in [0.15, 0.2) is 0 Å². The molecule has 0 atom stereocenters. The molecule has 156 valence electrons. The van der Waals surface area contributed by atoms with Crippen LogP contribution in [0.4, 0.5) is 17.1 Å². The Morgan fingerprint density at radius 2 is 2.00 bits per heavy atom. The van der Waals surface area contributed by atoms with Crippen LogP contribution >= 0.6 is 11.9 Å². The average molecular weight is 411 g/mol. The molecule has 0 aliphatic carbocycles. The molecule has 1 aromatic rings. The van der Waals surface area contributed by atoms with Crippen molar-refractivity contribution in [2.45, 2.75) is 20.8 Å². The molecule has 0 bridgehead atoms. The van der Waals surface area contributed by atoms with Crippen molar-refractivity contribution in [1.29, 1.82) is 0 Å². The number of carbonyl (C=O) groups is 1. The van der Waals surface area contributed by atoms with Gasteiger partial charge in [-0.25, -0.2) is 0 Å². The predicted octanol–water partition coefficient (Wildman–Crippen LogP) is 4.09. The molecule has 0 saturated carbocycles. The highest BCUT2D eigenvalue weighted by Crippen LogP contribution is 2.28. The fourth-order valence-corrected chi connectivity index (χ4v) is 2.04. The number of benzene rings is 1. The number of aliphatic hydroxyl groups is 1. The summed E-state index contributed by atoms with van der Waals surface area (Å²) in [7, 11) is 0. The lowest BCUT2D eigenvalue weighted by Gasteiger charge is -2.07. The first-order valence-corrected chi connectivity index (χ1v) is 9.35. The lowest BCUT2D eigenvalue weighted by Crippen LogP contribution is -2.19. The van der Waals surface area contributed by atoms with Crippen LogP contribution in [0.1, 0.15) is 20.8 Å². The minimum absolute atomic E-state index is 0.0168. The maximum Gasteiger partial charge on any atom is 0.294 e. The second-order valence-electron chi connectivity index (χ2n) is 4.83. The van der Waals surface area contributed by atoms with E-state index in [0.717, 1.165) is 0 Å². The summed E-state index contributed by atoms with van der Waals surface area (Å²) in [6.07, 6.45) is 5.65. The van der Waals surface area contributed by atoms with Crippen molar-refractivity contribution in [3.05, 3.63) is 65.1 Å². The normalized spacial score (nSPS) is 9.71. The minimum Gasteiger partial charge on any atom is -0.395 e. The zero-order valence-corrected chi connectivity index (χ0v) is 17.4. The molecule has 0 fully saturated rings. The summed E-state index contributed by atoms with van der Waals surface area (Å²) in [6, 6.07) is 4.81. The minimum atomic E-state index is -0.453. The van der Waals surface area contributed by atoms with Gasteiger partial charge in [0.2, 0.25) is 5.91 Å². The number of rotatable bonds is 9. The number of carbonyl (C=O) groups excluding carboxylic acids is 1. The Morgan fingerprint density at radius 1 is 1.32 bits per heavy atom. The smallest absolute Gasteiger partial charge is 0.294 e. The summed E-state index contributed by atoms with van der Waals surface area (Å²) in [5.74, 6) is 0.0168. The zero-order chi connectivity index (χ0) is 21.8. The highest BCUT2D eigenvalue weighted by Gasteiger charge is 2.14. The summed E-state index contributed by atoms with van der Waals surface area (Å²) >= 11 is 1.34. The molecule has 8 nitrogen and oxygen atoms in total. The van der Waals surface area contributed by atoms with E-state index in [4.69, 9.17) is 5.11 Å². The van der Waals surface area contributed by atoms with E-state index in [1.54, 1.807) is 12.1 Å². The molecule has 4 N–H and O–H groups in total. The maximum atomic E-state index is 10.9. The molecule has 0 saturated heterocycles. The number of nitro benzene ring substituents is 1. The van der Waals surface area contributed by atoms with Gasteiger partial charge in [0, 0.05) is 26.1 Å². The van der Waals surface area contributed by atoms with Gasteiger partial charge in [-0.05, 0) is 43.3 Å². The number of hydrogen-bond donors (Lipinski definition) is 4. The van der Waals surface area contributed by atoms with Crippen LogP contribution in [-0.4, -0.2) is 35.6 Å². The molecular formula is C19H30N4O4S. The number of anilines is 2. The second kappa shape index (κ2) is 19.0. The molecule has 0 radical (unpaired) electrons. The summed E-state index contributed by atoms with van der Waals surface area (Å²) in [4.78, 5) is 20.6. The molecule has 0 aliphatic heterocycles. The number of nitrogens with zero attached hydrogens (tertiary/aromatic N) is 1. The van der Waals surface area contributed by atoms with Crippen LogP contribution in [0.2, 0.25) is 0 Å². The van der Waals surface area contributed by atoms with Crippen LogP contribution in [0.15, 0.2) is 55.0 Å². The SMILES string of the molecule is C/C=C/SNc1ccc(NCCO)c([N+](=O)[O-])c1.C/C=C\CNC(C)=O.C=C. The lowest BCUT2D eigenvalue weighted by molar-refractivity contribution is -0.383. The Morgan fingerprint density at radius 3 is 2.50 bits per heavy atom. The first kappa shape index (κ1) is 27.4. The Balaban J connectivity index is 0. The molecule has 0 aromatic heterocycles. The average Bonchev–Trinajstić information content (AvgIpc) is 2.69. The maximum absolute atomic E-state index is 10.9. The number of hydrogen-bond acceptors (Lipinski definition) is 7. The fraction of sp³-hybridized carbons (Fsp3) is 0.316. The Bertz CT molecular complexity index is 636. The van der Waals surface area contributed by atoms with Crippen molar-refractivity contribution < 1.29 is 14.8 Å². The standard InChI is InChI=1S/C11H15N3O3S.C6H11NO.C2H4/c1-2-7-18-13-9-3-4-10(12-5-6-15)11(8-9)14(16)17;1-3-4-5-7-6(2)8;1-2/h2-4,7-8,12-13,15H,5-6H2,1H3;3-4H,5H2,1-2H3,(H,7,8);1-2H2/b7-2+;4-3-;. The predicted molar refractivity (Wildman–Crippen MR) is 119 cm³/mol. The number of aliphatic hydroxyl groups excluding tert-OH is 1. The zero-order valence-electron chi connectivity index (χ0n) is 16.6. The summed E-state index contributed by atoms with van der Waals surface area (Å²) in [5.41, 5.74) is 1.03. The summed E-state index contributed by atoms with van der Waals surface area (Å²) in [6.45, 7) is 12.2. The molecule has 0 spiro atoms. The van der Waals surface area contributed by atoms with Crippen molar-refractivity contribution in [2.75, 3.05) is 29.7 Å². The molecule has 1 aromatic carbocycles. The van der Waals surface area contributed by atoms with E-state index in [1.807, 2.05) is 37.5 Å². The largest absolute Gasteiger partial charge is 0.395 e. The van der Waals surface area contributed by atoms with Crippen LogP contribution in [0, 0.1) is 10.1 Å². The van der Waals surface area contributed by atoms with E-state index in [-0.39, 0.29) is 24.7 Å². The number of allylic oxidation sites excluding steroid dienone is 2. The van der Waals surface area contributed by atoms with Gasteiger partial charge in [-0.2, -0.15) is 0 Å². The van der Waals surface area contributed by atoms with E-state index in [0.29, 0.717) is 17.9 Å². The summed E-state index contributed by atoms with van der Waals surface area (Å²) in [5, 5.41) is 26.9. The monoisotopic (exact) mass is 410 g/mol. The van der Waals surface area contributed by atoms with Gasteiger partial charge in [0.1, 0.15) is 5.69 Å². The van der Waals surface area contributed by atoms with E-state index in [1.165, 1.54) is 24.9 Å². The van der Waals surface area contributed by atoms with Crippen LogP contribution < -0.4 is 15.4 Å². The van der Waals surface area contributed by atoms with E-state index < -0.39 is 4.92 Å². The van der Waals surface area contributed by atoms with Crippen LogP contribution in [0.3, 0.4) is 0 Å². The van der Waals surface area contributed by atoms with Crippen molar-refractivity contribution in [3.63, 3.8) is 0 Å². The van der Waals surface area contributed by atoms with Gasteiger partial charge in [-0.1, -0.05) is 18.2 Å². The molecule has 0 heterocycles. The molecule has 0 aliphatic rings. The molecule has 1 amide bonds. The third-order valence-electron chi connectivity index (χ3n) is 2.71. The number of amides is 1. The van der Waals surface area contributed by atoms with E-state index in [2.05, 4.69) is 28.5 Å². The topological polar surface area (TPSA) is 117 Å². The van der Waals surface area contributed by atoms with Crippen molar-refractivity contribution in [3.8, 4) is 0 Å². The molecule has 0 unspecified atom stereocenters. The van der Waals surface area contributed by atoms with Gasteiger partial charge in [-0.3, -0.25) is 14.9 Å². The Labute approximate surface area is 171 Å². The first-order valence-electron chi connectivity index (χ1n) is 8.47. The van der Waals surface area contributed by atoms with E-state index >= 15 is 0 Å². The van der Waals surface area contributed by atoms with Gasteiger partial charge in [-0.15, -0.1) is 13.2 Å². The Hall–Kier alpha value is -2.78. The van der Waals surface area contributed by atoms with Gasteiger partial charge < -0.3 is 20.5 Å². The summed E-state index contributed by atoms with van der Waals surface area (Å²) < 4.78 is 2.97. The first-order chi connectivity index (χ1) is 13.5. The van der Waals surface area contributed by atoms with E-state index in [9.17, 15) is 14.9 Å². The molecular weight excluding hydrogens is 380 g/mol. The third-order valence-corrected chi connectivity index (χ3v) is 3.47. The number of nitrogens with one attached hydrogen (secondary N) is 3. The van der Waals surface area contributed by atoms with Crippen LogP contribution in [0.25, 0.3) is 0 Å². The number of nitro groups is 1. The molecule has 1 rings (SSSR count). The highest BCUT2D eigenvalue weighted by molar-refractivity contribution is 8.03. The fourth-order valence-electron chi connectivity index (χ4n) is 1.58.